The Labute approximate surface area is 141 Å². The SMILES string of the molecule is Cc1cc(C(=O)N(C)[C@H](CN2CCC(F)(F)C2)C(C)C)ccc1F. The first-order valence-corrected chi connectivity index (χ1v) is 8.24. The molecule has 6 heteroatoms. The number of halogens is 3. The number of benzene rings is 1. The molecule has 134 valence electrons. The van der Waals surface area contributed by atoms with Crippen molar-refractivity contribution in [2.24, 2.45) is 5.92 Å². The first-order chi connectivity index (χ1) is 11.1. The number of alkyl halides is 2. The van der Waals surface area contributed by atoms with E-state index in [0.29, 0.717) is 24.2 Å². The van der Waals surface area contributed by atoms with Crippen LogP contribution in [-0.2, 0) is 0 Å². The highest BCUT2D eigenvalue weighted by Gasteiger charge is 2.39. The summed E-state index contributed by atoms with van der Waals surface area (Å²) in [6, 6.07) is 4.08. The Bertz CT molecular complexity index is 604. The second kappa shape index (κ2) is 7.13. The quantitative estimate of drug-likeness (QED) is 0.817. The number of hydrogen-bond acceptors (Lipinski definition) is 2. The molecule has 1 aliphatic rings. The normalized spacial score (nSPS) is 18.8. The lowest BCUT2D eigenvalue weighted by atomic mass is 10.0. The number of rotatable bonds is 5. The summed E-state index contributed by atoms with van der Waals surface area (Å²) in [4.78, 5) is 16.0. The molecular weight excluding hydrogens is 317 g/mol. The van der Waals surface area contributed by atoms with Gasteiger partial charge < -0.3 is 4.90 Å². The van der Waals surface area contributed by atoms with E-state index in [-0.39, 0.29) is 36.6 Å². The van der Waals surface area contributed by atoms with Crippen molar-refractivity contribution in [3.63, 3.8) is 0 Å². The minimum atomic E-state index is -2.64. The third-order valence-corrected chi connectivity index (χ3v) is 4.69. The van der Waals surface area contributed by atoms with Gasteiger partial charge in [0.2, 0.25) is 0 Å². The van der Waals surface area contributed by atoms with Gasteiger partial charge in [0.05, 0.1) is 6.54 Å². The molecule has 3 nitrogen and oxygen atoms in total. The lowest BCUT2D eigenvalue weighted by Crippen LogP contribution is -2.47. The van der Waals surface area contributed by atoms with Gasteiger partial charge in [0.1, 0.15) is 5.82 Å². The fourth-order valence-electron chi connectivity index (χ4n) is 3.14. The van der Waals surface area contributed by atoms with Gasteiger partial charge in [-0.25, -0.2) is 13.2 Å². The number of carbonyl (C=O) groups excluding carboxylic acids is 1. The highest BCUT2D eigenvalue weighted by atomic mass is 19.3. The summed E-state index contributed by atoms with van der Waals surface area (Å²) in [6.45, 7) is 6.05. The molecule has 1 heterocycles. The smallest absolute Gasteiger partial charge is 0.261 e. The largest absolute Gasteiger partial charge is 0.337 e. The number of hydrogen-bond donors (Lipinski definition) is 0. The topological polar surface area (TPSA) is 23.6 Å². The molecule has 0 bridgehead atoms. The molecule has 0 radical (unpaired) electrons. The van der Waals surface area contributed by atoms with E-state index in [9.17, 15) is 18.0 Å². The van der Waals surface area contributed by atoms with Crippen LogP contribution in [0.1, 0.15) is 36.2 Å². The van der Waals surface area contributed by atoms with Crippen molar-refractivity contribution < 1.29 is 18.0 Å². The minimum Gasteiger partial charge on any atom is -0.337 e. The predicted molar refractivity (Wildman–Crippen MR) is 87.9 cm³/mol. The third-order valence-electron chi connectivity index (χ3n) is 4.69. The van der Waals surface area contributed by atoms with E-state index in [1.807, 2.05) is 13.8 Å². The van der Waals surface area contributed by atoms with Crippen molar-refractivity contribution >= 4 is 5.91 Å². The van der Waals surface area contributed by atoms with Crippen molar-refractivity contribution in [2.75, 3.05) is 26.7 Å². The van der Waals surface area contributed by atoms with Gasteiger partial charge in [0.25, 0.3) is 11.8 Å². The molecule has 1 fully saturated rings. The zero-order chi connectivity index (χ0) is 18.1. The second-order valence-electron chi connectivity index (χ2n) is 7.03. The number of likely N-dealkylation sites (tertiary alicyclic amines) is 1. The molecule has 1 aromatic rings. The van der Waals surface area contributed by atoms with Crippen LogP contribution in [0.5, 0.6) is 0 Å². The molecule has 0 spiro atoms. The molecule has 2 rings (SSSR count). The molecule has 1 amide bonds. The van der Waals surface area contributed by atoms with Crippen LogP contribution in [0.2, 0.25) is 0 Å². The van der Waals surface area contributed by atoms with E-state index in [1.54, 1.807) is 23.8 Å². The molecule has 0 aliphatic carbocycles. The Morgan fingerprint density at radius 2 is 2.04 bits per heavy atom. The van der Waals surface area contributed by atoms with Gasteiger partial charge in [0.15, 0.2) is 0 Å². The van der Waals surface area contributed by atoms with Gasteiger partial charge in [-0.05, 0) is 36.6 Å². The van der Waals surface area contributed by atoms with Gasteiger partial charge in [-0.1, -0.05) is 13.8 Å². The van der Waals surface area contributed by atoms with Crippen molar-refractivity contribution in [2.45, 2.75) is 39.2 Å². The van der Waals surface area contributed by atoms with Crippen LogP contribution in [-0.4, -0.2) is 54.4 Å². The summed E-state index contributed by atoms with van der Waals surface area (Å²) in [5, 5.41) is 0. The van der Waals surface area contributed by atoms with Crippen LogP contribution in [0, 0.1) is 18.7 Å². The van der Waals surface area contributed by atoms with Crippen LogP contribution in [0.4, 0.5) is 13.2 Å². The summed E-state index contributed by atoms with van der Waals surface area (Å²) in [6.07, 6.45) is -0.132. The monoisotopic (exact) mass is 342 g/mol. The Morgan fingerprint density at radius 1 is 1.38 bits per heavy atom. The van der Waals surface area contributed by atoms with Crippen LogP contribution in [0.15, 0.2) is 18.2 Å². The maximum atomic E-state index is 13.4. The van der Waals surface area contributed by atoms with E-state index < -0.39 is 5.92 Å². The predicted octanol–water partition coefficient (Wildman–Crippen LogP) is 3.57. The third kappa shape index (κ3) is 4.29. The molecule has 24 heavy (non-hydrogen) atoms. The Balaban J connectivity index is 2.12. The van der Waals surface area contributed by atoms with Gasteiger partial charge in [-0.15, -0.1) is 0 Å². The molecule has 1 aliphatic heterocycles. The lowest BCUT2D eigenvalue weighted by Gasteiger charge is -2.34. The molecular formula is C18H25F3N2O. The number of likely N-dealkylation sites (N-methyl/N-ethyl adjacent to an activating group) is 1. The Hall–Kier alpha value is -1.56. The van der Waals surface area contributed by atoms with Crippen LogP contribution in [0.3, 0.4) is 0 Å². The first-order valence-electron chi connectivity index (χ1n) is 8.24. The molecule has 1 atom stereocenters. The number of nitrogens with zero attached hydrogens (tertiary/aromatic N) is 2. The van der Waals surface area contributed by atoms with E-state index in [2.05, 4.69) is 0 Å². The van der Waals surface area contributed by atoms with Crippen LogP contribution < -0.4 is 0 Å². The maximum absolute atomic E-state index is 13.4. The van der Waals surface area contributed by atoms with Crippen LogP contribution >= 0.6 is 0 Å². The van der Waals surface area contributed by atoms with Crippen molar-refractivity contribution in [1.82, 2.24) is 9.80 Å². The van der Waals surface area contributed by atoms with Gasteiger partial charge in [-0.2, -0.15) is 0 Å². The zero-order valence-electron chi connectivity index (χ0n) is 14.7. The summed E-state index contributed by atoms with van der Waals surface area (Å²) >= 11 is 0. The van der Waals surface area contributed by atoms with E-state index >= 15 is 0 Å². The summed E-state index contributed by atoms with van der Waals surface area (Å²) in [5.74, 6) is -3.09. The summed E-state index contributed by atoms with van der Waals surface area (Å²) in [7, 11) is 1.68. The average molecular weight is 342 g/mol. The van der Waals surface area contributed by atoms with E-state index in [0.717, 1.165) is 0 Å². The fraction of sp³-hybridized carbons (Fsp3) is 0.611. The Morgan fingerprint density at radius 3 is 2.54 bits per heavy atom. The minimum absolute atomic E-state index is 0.120. The summed E-state index contributed by atoms with van der Waals surface area (Å²) < 4.78 is 40.2. The zero-order valence-corrected chi connectivity index (χ0v) is 14.7. The number of amides is 1. The highest BCUT2D eigenvalue weighted by Crippen LogP contribution is 2.28. The first kappa shape index (κ1) is 18.8. The van der Waals surface area contributed by atoms with Crippen molar-refractivity contribution in [3.8, 4) is 0 Å². The lowest BCUT2D eigenvalue weighted by molar-refractivity contribution is 0.00885. The molecule has 0 aromatic heterocycles. The molecule has 0 unspecified atom stereocenters. The number of aryl methyl sites for hydroxylation is 1. The van der Waals surface area contributed by atoms with Gasteiger partial charge >= 0.3 is 0 Å². The Kier molecular flexibility index (Phi) is 5.58. The average Bonchev–Trinajstić information content (AvgIpc) is 2.85. The van der Waals surface area contributed by atoms with Gasteiger partial charge in [-0.3, -0.25) is 9.69 Å². The van der Waals surface area contributed by atoms with E-state index in [1.165, 1.54) is 18.2 Å². The van der Waals surface area contributed by atoms with E-state index in [4.69, 9.17) is 0 Å². The summed E-state index contributed by atoms with van der Waals surface area (Å²) in [5.41, 5.74) is 0.823. The standard InChI is InChI=1S/C18H25F3N2O/c1-12(2)16(10-23-8-7-18(20,21)11-23)22(4)17(24)14-5-6-15(19)13(3)9-14/h5-6,9,12,16H,7-8,10-11H2,1-4H3/t16-/m1/s1. The number of carbonyl (C=O) groups is 1. The fourth-order valence-corrected chi connectivity index (χ4v) is 3.14. The maximum Gasteiger partial charge on any atom is 0.261 e. The molecule has 1 aromatic carbocycles. The van der Waals surface area contributed by atoms with Gasteiger partial charge in [0, 0.05) is 38.2 Å². The molecule has 0 N–H and O–H groups in total. The highest BCUT2D eigenvalue weighted by molar-refractivity contribution is 5.94. The van der Waals surface area contributed by atoms with Crippen LogP contribution in [0.25, 0.3) is 0 Å². The van der Waals surface area contributed by atoms with Crippen molar-refractivity contribution in [1.29, 1.82) is 0 Å². The van der Waals surface area contributed by atoms with Crippen molar-refractivity contribution in [3.05, 3.63) is 35.1 Å². The molecule has 0 saturated carbocycles. The second-order valence-corrected chi connectivity index (χ2v) is 7.03. The molecule has 1 saturated heterocycles.